The molecule has 15 heteroatoms. The fourth-order valence-electron chi connectivity index (χ4n) is 2.85. The number of aliphatic hydroxyl groups is 1. The Kier molecular flexibility index (Phi) is 5.58. The van der Waals surface area contributed by atoms with Crippen molar-refractivity contribution in [1.29, 1.82) is 5.41 Å². The number of hydrogen-bond acceptors (Lipinski definition) is 10. The molecule has 11 nitrogen and oxygen atoms in total. The van der Waals surface area contributed by atoms with E-state index in [-0.39, 0.29) is 52.7 Å². The van der Waals surface area contributed by atoms with Crippen molar-refractivity contribution in [2.75, 3.05) is 6.61 Å². The maximum atomic E-state index is 11.9. The molecule has 0 aromatic carbocycles. The van der Waals surface area contributed by atoms with Gasteiger partial charge in [0.1, 0.15) is 25.0 Å². The first kappa shape index (κ1) is 20.0. The van der Waals surface area contributed by atoms with Crippen molar-refractivity contribution in [1.82, 2.24) is 10.2 Å². The van der Waals surface area contributed by atoms with Crippen LogP contribution in [0.4, 0.5) is 0 Å². The Bertz CT molecular complexity index is 753. The van der Waals surface area contributed by atoms with Crippen LogP contribution in [0.15, 0.2) is 9.98 Å². The van der Waals surface area contributed by atoms with Crippen molar-refractivity contribution in [3.8, 4) is 0 Å². The number of ether oxygens (including phenoxy) is 1. The van der Waals surface area contributed by atoms with Gasteiger partial charge in [0.2, 0.25) is 5.96 Å². The second-order valence-electron chi connectivity index (χ2n) is 5.35. The fraction of sp³-hybridized carbons (Fsp3) is 0.600. The van der Waals surface area contributed by atoms with Gasteiger partial charge in [0.25, 0.3) is 5.91 Å². The number of aliphatic hydroxyl groups excluding tert-OH is 1. The summed E-state index contributed by atoms with van der Waals surface area (Å²) in [7, 11) is 0. The number of carbonyl (C=O) groups is 1. The topological polar surface area (TPSA) is 152 Å². The van der Waals surface area contributed by atoms with Gasteiger partial charge in [0.15, 0.2) is 22.9 Å². The Balaban J connectivity index is 0.00000182. The summed E-state index contributed by atoms with van der Waals surface area (Å²) in [5.41, 5.74) is 0. The van der Waals surface area contributed by atoms with Gasteiger partial charge in [-0.25, -0.2) is 4.99 Å². The van der Waals surface area contributed by atoms with E-state index in [9.17, 15) is 14.8 Å². The third-order valence-electron chi connectivity index (χ3n) is 3.85. The van der Waals surface area contributed by atoms with E-state index in [0.717, 1.165) is 0 Å². The van der Waals surface area contributed by atoms with Gasteiger partial charge in [-0.1, -0.05) is 11.8 Å². The van der Waals surface area contributed by atoms with E-state index >= 15 is 0 Å². The molecule has 4 aliphatic heterocycles. The van der Waals surface area contributed by atoms with Crippen LogP contribution in [0.1, 0.15) is 0 Å². The number of aliphatic imine (C=N–C) groups is 2. The molecular formula is C10H10BrN5NaO6PS. The monoisotopic (exact) mass is 461 g/mol. The summed E-state index contributed by atoms with van der Waals surface area (Å²) in [6.07, 6.45) is -3.88. The number of nitrogens with one attached hydrogen (secondary N) is 2. The van der Waals surface area contributed by atoms with E-state index < -0.39 is 43.2 Å². The summed E-state index contributed by atoms with van der Waals surface area (Å²) in [4.78, 5) is 33.1. The van der Waals surface area contributed by atoms with E-state index in [1.807, 2.05) is 0 Å². The number of guanidine groups is 1. The molecule has 2 saturated heterocycles. The second kappa shape index (κ2) is 6.99. The Morgan fingerprint density at radius 1 is 1.56 bits per heavy atom. The number of nitrogens with zero attached hydrogens (tertiary/aromatic N) is 3. The van der Waals surface area contributed by atoms with Gasteiger partial charge in [0, 0.05) is 0 Å². The zero-order valence-electron chi connectivity index (χ0n) is 12.7. The minimum Gasteiger partial charge on any atom is -0.780 e. The maximum absolute atomic E-state index is 11.9. The van der Waals surface area contributed by atoms with Crippen LogP contribution in [-0.4, -0.2) is 69.6 Å². The van der Waals surface area contributed by atoms with E-state index in [1.54, 1.807) is 0 Å². The molecule has 0 saturated carbocycles. The normalized spacial score (nSPS) is 42.8. The predicted octanol–water partition coefficient (Wildman–Crippen LogP) is -5.03. The van der Waals surface area contributed by atoms with Crippen LogP contribution in [0.5, 0.6) is 0 Å². The van der Waals surface area contributed by atoms with Crippen LogP contribution >= 0.6 is 22.6 Å². The number of rotatable bonds is 1. The Morgan fingerprint density at radius 3 is 3.00 bits per heavy atom. The number of halogens is 1. The minimum atomic E-state index is -3.66. The summed E-state index contributed by atoms with van der Waals surface area (Å²) < 4.78 is 16.0. The van der Waals surface area contributed by atoms with Gasteiger partial charge in [0.05, 0.1) is 6.61 Å². The van der Waals surface area contributed by atoms with Crippen molar-refractivity contribution in [3.63, 3.8) is 0 Å². The average molecular weight is 462 g/mol. The number of fused-ring (bicyclic) bond motifs is 2. The van der Waals surface area contributed by atoms with Gasteiger partial charge in [-0.3, -0.25) is 20.4 Å². The molecule has 0 aromatic heterocycles. The maximum Gasteiger partial charge on any atom is 1.00 e. The van der Waals surface area contributed by atoms with Gasteiger partial charge in [-0.15, -0.1) is 0 Å². The van der Waals surface area contributed by atoms with Crippen molar-refractivity contribution >= 4 is 56.9 Å². The van der Waals surface area contributed by atoms with Gasteiger partial charge < -0.3 is 23.8 Å². The minimum absolute atomic E-state index is 0. The molecule has 0 bridgehead atoms. The molecule has 4 rings (SSSR count). The first-order valence-electron chi connectivity index (χ1n) is 6.75. The smallest absolute Gasteiger partial charge is 0.780 e. The molecule has 6 unspecified atom stereocenters. The number of amidine groups is 2. The van der Waals surface area contributed by atoms with Crippen LogP contribution in [0, 0.1) is 5.41 Å². The van der Waals surface area contributed by atoms with Gasteiger partial charge in [-0.05, 0) is 15.9 Å². The fourth-order valence-corrected chi connectivity index (χ4v) is 4.87. The molecule has 0 aromatic rings. The van der Waals surface area contributed by atoms with Gasteiger partial charge in [-0.2, -0.15) is 4.99 Å². The molecule has 4 heterocycles. The molecule has 4 aliphatic rings. The molecular weight excluding hydrogens is 452 g/mol. The first-order valence-corrected chi connectivity index (χ1v) is 10.1. The van der Waals surface area contributed by atoms with Crippen LogP contribution in [0.2, 0.25) is 0 Å². The van der Waals surface area contributed by atoms with Crippen molar-refractivity contribution < 1.29 is 58.1 Å². The van der Waals surface area contributed by atoms with E-state index in [1.165, 1.54) is 4.90 Å². The summed E-state index contributed by atoms with van der Waals surface area (Å²) in [6, 6.07) is -0.950. The quantitative estimate of drug-likeness (QED) is 0.199. The van der Waals surface area contributed by atoms with Crippen LogP contribution in [0.25, 0.3) is 0 Å². The molecule has 0 radical (unpaired) electrons. The molecule has 25 heavy (non-hydrogen) atoms. The Labute approximate surface area is 177 Å². The standard InChI is InChI=1S/C10H11BrN5O6PS.Na/c11-9-13-3-6(14-10(12)15-7(3)18)16(9)8-4(17)5-2(21-8)1-20-23(19,24)22-5;/h2-5,8,17H,1H2,(H,19,24)(H2,12,15,18);/q;+1/p-1. The zero-order chi connectivity index (χ0) is 17.2. The predicted molar refractivity (Wildman–Crippen MR) is 85.1 cm³/mol. The molecule has 0 spiro atoms. The van der Waals surface area contributed by atoms with Crippen molar-refractivity contribution in [3.05, 3.63) is 0 Å². The van der Waals surface area contributed by atoms with Crippen molar-refractivity contribution in [2.45, 2.75) is 30.6 Å². The third kappa shape index (κ3) is 3.41. The van der Waals surface area contributed by atoms with Crippen LogP contribution in [0.3, 0.4) is 0 Å². The molecule has 1 amide bonds. The Morgan fingerprint density at radius 2 is 2.28 bits per heavy atom. The van der Waals surface area contributed by atoms with E-state index in [0.29, 0.717) is 0 Å². The van der Waals surface area contributed by atoms with Gasteiger partial charge >= 0.3 is 29.6 Å². The number of carbonyl (C=O) groups excluding carboxylic acids is 1. The largest absolute Gasteiger partial charge is 1.00 e. The summed E-state index contributed by atoms with van der Waals surface area (Å²) >= 11 is 7.89. The average Bonchev–Trinajstić information content (AvgIpc) is 2.96. The Hall–Kier alpha value is 0.210. The summed E-state index contributed by atoms with van der Waals surface area (Å²) in [5.74, 6) is -0.710. The number of amides is 1. The molecule has 3 N–H and O–H groups in total. The van der Waals surface area contributed by atoms with E-state index in [4.69, 9.17) is 19.2 Å². The molecule has 130 valence electrons. The molecule has 2 fully saturated rings. The van der Waals surface area contributed by atoms with Crippen LogP contribution < -0.4 is 39.8 Å². The molecule has 0 aliphatic carbocycles. The zero-order valence-corrected chi connectivity index (χ0v) is 18.0. The summed E-state index contributed by atoms with van der Waals surface area (Å²) in [5, 5.41) is 20.3. The number of hydrogen-bond donors (Lipinski definition) is 3. The van der Waals surface area contributed by atoms with Crippen molar-refractivity contribution in [2.24, 2.45) is 9.98 Å². The first-order chi connectivity index (χ1) is 11.3. The summed E-state index contributed by atoms with van der Waals surface area (Å²) in [6.45, 7) is -3.75. The van der Waals surface area contributed by atoms with E-state index in [2.05, 4.69) is 43.0 Å². The second-order valence-corrected chi connectivity index (χ2v) is 8.76. The SMILES string of the molecule is N=C1N=C2C(N=C(Br)N2C2OC3COP([O-])(=S)OC3C2O)C(=O)N1.[Na+]. The van der Waals surface area contributed by atoms with Crippen LogP contribution in [-0.2, 0) is 30.4 Å². The molecule has 6 atom stereocenters. The third-order valence-corrected chi connectivity index (χ3v) is 5.98.